The maximum absolute atomic E-state index is 11.8. The molecule has 0 bridgehead atoms. The maximum Gasteiger partial charge on any atom is 0.140 e. The number of fused-ring (bicyclic) bond motifs is 1. The fraction of sp³-hybridized carbons (Fsp3) is 0.312. The molecule has 3 rings (SSSR count). The van der Waals surface area contributed by atoms with Gasteiger partial charge in [-0.2, -0.15) is 0 Å². The van der Waals surface area contributed by atoms with Gasteiger partial charge >= 0.3 is 0 Å². The van der Waals surface area contributed by atoms with Gasteiger partial charge in [-0.3, -0.25) is 4.79 Å². The minimum atomic E-state index is 0.196. The second-order valence-corrected chi connectivity index (χ2v) is 4.82. The number of rotatable bonds is 2. The molecule has 1 fully saturated rings. The highest BCUT2D eigenvalue weighted by Gasteiger charge is 2.47. The maximum atomic E-state index is 11.8. The normalized spacial score (nSPS) is 27.5. The number of Topliss-reactive ketones (excluding diaryl/α,β-unsaturated/α-hetero) is 1. The summed E-state index contributed by atoms with van der Waals surface area (Å²) >= 11 is 0. The van der Waals surface area contributed by atoms with Gasteiger partial charge in [0.15, 0.2) is 0 Å². The number of ketones is 1. The lowest BCUT2D eigenvalue weighted by Crippen LogP contribution is -2.28. The monoisotopic (exact) mass is 224 g/mol. The summed E-state index contributed by atoms with van der Waals surface area (Å²) in [6, 6.07) is 10.5. The molecule has 0 radical (unpaired) electrons. The molecule has 1 aromatic rings. The van der Waals surface area contributed by atoms with Crippen LogP contribution in [0.4, 0.5) is 0 Å². The van der Waals surface area contributed by atoms with Crippen LogP contribution in [0.3, 0.4) is 0 Å². The van der Waals surface area contributed by atoms with Crippen LogP contribution in [-0.4, -0.2) is 5.78 Å². The zero-order valence-corrected chi connectivity index (χ0v) is 10.0. The Hall–Kier alpha value is -1.63. The standard InChI is InChI=1S/C16H16O/c1-2-6-12-15(11-7-4-3-5-8-11)13-9-10-14(17)16(12)13/h2-8,13,16H,9-10H2,1H3/b6-2-. The van der Waals surface area contributed by atoms with Gasteiger partial charge in [0, 0.05) is 12.3 Å². The van der Waals surface area contributed by atoms with E-state index in [0.717, 1.165) is 12.8 Å². The van der Waals surface area contributed by atoms with Crippen molar-refractivity contribution < 1.29 is 4.79 Å². The van der Waals surface area contributed by atoms with Crippen molar-refractivity contribution in [2.24, 2.45) is 11.8 Å². The fourth-order valence-electron chi connectivity index (χ4n) is 3.20. The van der Waals surface area contributed by atoms with Crippen molar-refractivity contribution >= 4 is 11.4 Å². The van der Waals surface area contributed by atoms with Crippen molar-refractivity contribution in [2.75, 3.05) is 0 Å². The van der Waals surface area contributed by atoms with Crippen molar-refractivity contribution in [3.05, 3.63) is 53.6 Å². The molecule has 1 saturated carbocycles. The second-order valence-electron chi connectivity index (χ2n) is 4.82. The van der Waals surface area contributed by atoms with Gasteiger partial charge < -0.3 is 0 Å². The molecule has 2 aliphatic carbocycles. The third kappa shape index (κ3) is 1.49. The van der Waals surface area contributed by atoms with Crippen LogP contribution in [0.5, 0.6) is 0 Å². The van der Waals surface area contributed by atoms with Crippen LogP contribution in [0.25, 0.3) is 5.57 Å². The lowest BCUT2D eigenvalue weighted by Gasteiger charge is -2.35. The molecule has 1 heteroatoms. The summed E-state index contributed by atoms with van der Waals surface area (Å²) in [4.78, 5) is 11.8. The first-order valence-electron chi connectivity index (χ1n) is 6.28. The summed E-state index contributed by atoms with van der Waals surface area (Å²) in [6.07, 6.45) is 5.95. The first-order valence-corrected chi connectivity index (χ1v) is 6.28. The first-order chi connectivity index (χ1) is 8.33. The van der Waals surface area contributed by atoms with Gasteiger partial charge in [0.2, 0.25) is 0 Å². The largest absolute Gasteiger partial charge is 0.299 e. The molecule has 2 unspecified atom stereocenters. The van der Waals surface area contributed by atoms with E-state index in [-0.39, 0.29) is 5.92 Å². The van der Waals surface area contributed by atoms with E-state index < -0.39 is 0 Å². The van der Waals surface area contributed by atoms with E-state index in [2.05, 4.69) is 30.3 Å². The van der Waals surface area contributed by atoms with Gasteiger partial charge in [0.1, 0.15) is 5.78 Å². The van der Waals surface area contributed by atoms with Crippen LogP contribution in [0.2, 0.25) is 0 Å². The molecule has 0 heterocycles. The van der Waals surface area contributed by atoms with Gasteiger partial charge in [-0.05, 0) is 36.0 Å². The van der Waals surface area contributed by atoms with E-state index >= 15 is 0 Å². The summed E-state index contributed by atoms with van der Waals surface area (Å²) in [5.41, 5.74) is 3.95. The SMILES string of the molecule is C/C=C\C1=C(c2ccccc2)C2CCC(=O)C12. The van der Waals surface area contributed by atoms with Crippen molar-refractivity contribution in [1.29, 1.82) is 0 Å². The summed E-state index contributed by atoms with van der Waals surface area (Å²) in [5.74, 6) is 1.11. The predicted octanol–water partition coefficient (Wildman–Crippen LogP) is 3.63. The van der Waals surface area contributed by atoms with Crippen LogP contribution in [0.1, 0.15) is 25.3 Å². The quantitative estimate of drug-likeness (QED) is 0.749. The summed E-state index contributed by atoms with van der Waals surface area (Å²) < 4.78 is 0. The molecule has 86 valence electrons. The average molecular weight is 224 g/mol. The zero-order valence-electron chi connectivity index (χ0n) is 10.0. The summed E-state index contributed by atoms with van der Waals surface area (Å²) in [6.45, 7) is 2.02. The number of hydrogen-bond acceptors (Lipinski definition) is 1. The molecule has 1 aromatic carbocycles. The Labute approximate surface area is 102 Å². The number of hydrogen-bond donors (Lipinski definition) is 0. The molecule has 0 amide bonds. The number of allylic oxidation sites excluding steroid dienone is 4. The minimum absolute atomic E-state index is 0.196. The van der Waals surface area contributed by atoms with Gasteiger partial charge in [-0.25, -0.2) is 0 Å². The van der Waals surface area contributed by atoms with Crippen LogP contribution in [0, 0.1) is 11.8 Å². The number of carbonyl (C=O) groups is 1. The van der Waals surface area contributed by atoms with Gasteiger partial charge in [-0.1, -0.05) is 42.5 Å². The van der Waals surface area contributed by atoms with Gasteiger partial charge in [-0.15, -0.1) is 0 Å². The molecular formula is C16H16O. The van der Waals surface area contributed by atoms with Crippen molar-refractivity contribution in [3.8, 4) is 0 Å². The van der Waals surface area contributed by atoms with Crippen molar-refractivity contribution in [3.63, 3.8) is 0 Å². The highest BCUT2D eigenvalue weighted by Crippen LogP contribution is 2.54. The smallest absolute Gasteiger partial charge is 0.140 e. The van der Waals surface area contributed by atoms with Crippen LogP contribution in [-0.2, 0) is 4.79 Å². The highest BCUT2D eigenvalue weighted by molar-refractivity contribution is 5.98. The van der Waals surface area contributed by atoms with E-state index in [4.69, 9.17) is 0 Å². The van der Waals surface area contributed by atoms with Gasteiger partial charge in [0.05, 0.1) is 0 Å². The Morgan fingerprint density at radius 2 is 2.00 bits per heavy atom. The molecule has 0 spiro atoms. The lowest BCUT2D eigenvalue weighted by atomic mass is 9.67. The summed E-state index contributed by atoms with van der Waals surface area (Å²) in [5, 5.41) is 0. The van der Waals surface area contributed by atoms with Crippen LogP contribution >= 0.6 is 0 Å². The van der Waals surface area contributed by atoms with Crippen LogP contribution < -0.4 is 0 Å². The molecule has 1 nitrogen and oxygen atoms in total. The molecule has 0 aromatic heterocycles. The van der Waals surface area contributed by atoms with E-state index in [1.807, 2.05) is 19.1 Å². The highest BCUT2D eigenvalue weighted by atomic mass is 16.1. The van der Waals surface area contributed by atoms with E-state index in [1.165, 1.54) is 16.7 Å². The molecule has 0 N–H and O–H groups in total. The first kappa shape index (κ1) is 10.5. The average Bonchev–Trinajstić information content (AvgIpc) is 2.65. The Balaban J connectivity index is 2.07. The van der Waals surface area contributed by atoms with Crippen LogP contribution in [0.15, 0.2) is 48.1 Å². The fourth-order valence-corrected chi connectivity index (χ4v) is 3.20. The number of carbonyl (C=O) groups excluding carboxylic acids is 1. The summed E-state index contributed by atoms with van der Waals surface area (Å²) in [7, 11) is 0. The Bertz CT molecular complexity index is 508. The lowest BCUT2D eigenvalue weighted by molar-refractivity contribution is -0.120. The topological polar surface area (TPSA) is 17.1 Å². The Morgan fingerprint density at radius 3 is 2.71 bits per heavy atom. The minimum Gasteiger partial charge on any atom is -0.299 e. The molecule has 0 aliphatic heterocycles. The molecule has 17 heavy (non-hydrogen) atoms. The molecule has 2 atom stereocenters. The van der Waals surface area contributed by atoms with E-state index in [1.54, 1.807) is 0 Å². The zero-order chi connectivity index (χ0) is 11.8. The Kier molecular flexibility index (Phi) is 2.47. The predicted molar refractivity (Wildman–Crippen MR) is 69.4 cm³/mol. The molecule has 0 saturated heterocycles. The number of benzene rings is 1. The molecular weight excluding hydrogens is 208 g/mol. The third-order valence-electron chi connectivity index (χ3n) is 3.90. The van der Waals surface area contributed by atoms with Gasteiger partial charge in [0.25, 0.3) is 0 Å². The van der Waals surface area contributed by atoms with E-state index in [9.17, 15) is 4.79 Å². The van der Waals surface area contributed by atoms with Crippen molar-refractivity contribution in [1.82, 2.24) is 0 Å². The third-order valence-corrected chi connectivity index (χ3v) is 3.90. The van der Waals surface area contributed by atoms with Crippen molar-refractivity contribution in [2.45, 2.75) is 19.8 Å². The van der Waals surface area contributed by atoms with E-state index in [0.29, 0.717) is 11.7 Å². The Morgan fingerprint density at radius 1 is 1.24 bits per heavy atom. The second kappa shape index (κ2) is 3.99. The molecule has 2 aliphatic rings.